The number of phenols is 1. The number of benzene rings is 2. The van der Waals surface area contributed by atoms with Crippen molar-refractivity contribution in [2.45, 2.75) is 45.1 Å². The van der Waals surface area contributed by atoms with Crippen molar-refractivity contribution in [2.75, 3.05) is 6.54 Å². The zero-order valence-corrected chi connectivity index (χ0v) is 19.1. The Hall–Kier alpha value is -3.46. The number of nitrogens with one attached hydrogen (secondary N) is 2. The molecule has 2 aromatic carbocycles. The van der Waals surface area contributed by atoms with Crippen LogP contribution in [-0.4, -0.2) is 43.9 Å². The normalized spacial score (nSPS) is 12.8. The Balaban J connectivity index is 1.48. The third kappa shape index (κ3) is 7.28. The molecule has 0 radical (unpaired) electrons. The van der Waals surface area contributed by atoms with Crippen molar-refractivity contribution in [1.82, 2.24) is 15.6 Å². The summed E-state index contributed by atoms with van der Waals surface area (Å²) in [6.45, 7) is 2.13. The number of amides is 1. The number of aliphatic hydroxyl groups is 2. The van der Waals surface area contributed by atoms with Gasteiger partial charge in [0, 0.05) is 24.7 Å². The predicted molar refractivity (Wildman–Crippen MR) is 128 cm³/mol. The number of para-hydroxylation sites is 1. The molecule has 2 atom stereocenters. The molecular formula is C26H31N3O5. The Labute approximate surface area is 198 Å². The second-order valence-corrected chi connectivity index (χ2v) is 8.29. The number of hydrogen-bond donors (Lipinski definition) is 6. The van der Waals surface area contributed by atoms with Crippen molar-refractivity contribution in [3.63, 3.8) is 0 Å². The Kier molecular flexibility index (Phi) is 8.98. The van der Waals surface area contributed by atoms with Crippen molar-refractivity contribution in [2.24, 2.45) is 0 Å². The Morgan fingerprint density at radius 3 is 2.53 bits per heavy atom. The van der Waals surface area contributed by atoms with Crippen LogP contribution in [0.3, 0.4) is 0 Å². The minimum atomic E-state index is -0.882. The maximum atomic E-state index is 12.3. The number of aliphatic hydroxyl groups excluding tert-OH is 2. The highest BCUT2D eigenvalue weighted by molar-refractivity contribution is 5.78. The summed E-state index contributed by atoms with van der Waals surface area (Å²) in [5.74, 6) is -0.0728. The highest BCUT2D eigenvalue weighted by Gasteiger charge is 2.14. The van der Waals surface area contributed by atoms with E-state index in [-0.39, 0.29) is 48.7 Å². The average Bonchev–Trinajstić information content (AvgIpc) is 2.82. The molecule has 8 nitrogen and oxygen atoms in total. The van der Waals surface area contributed by atoms with E-state index in [4.69, 9.17) is 0 Å². The van der Waals surface area contributed by atoms with Gasteiger partial charge in [-0.1, -0.05) is 42.5 Å². The fraction of sp³-hybridized carbons (Fsp3) is 0.308. The van der Waals surface area contributed by atoms with E-state index in [2.05, 4.69) is 15.6 Å². The maximum Gasteiger partial charge on any atom is 0.224 e. The molecule has 0 saturated carbocycles. The summed E-state index contributed by atoms with van der Waals surface area (Å²) in [7, 11) is 0. The lowest BCUT2D eigenvalue weighted by atomic mass is 10.0. The number of pyridine rings is 1. The first-order valence-electron chi connectivity index (χ1n) is 11.2. The van der Waals surface area contributed by atoms with Crippen LogP contribution in [0, 0.1) is 0 Å². The summed E-state index contributed by atoms with van der Waals surface area (Å²) in [6, 6.07) is 17.7. The van der Waals surface area contributed by atoms with Crippen LogP contribution in [0.5, 0.6) is 11.5 Å². The molecule has 1 unspecified atom stereocenters. The molecule has 3 rings (SSSR count). The van der Waals surface area contributed by atoms with E-state index in [9.17, 15) is 25.2 Å². The number of nitrogens with zero attached hydrogens (tertiary/aromatic N) is 1. The van der Waals surface area contributed by atoms with Gasteiger partial charge in [0.2, 0.25) is 5.91 Å². The lowest BCUT2D eigenvalue weighted by molar-refractivity contribution is -0.120. The number of hydrogen-bond acceptors (Lipinski definition) is 7. The molecule has 0 bridgehead atoms. The van der Waals surface area contributed by atoms with Gasteiger partial charge in [-0.05, 0) is 42.7 Å². The van der Waals surface area contributed by atoms with Crippen molar-refractivity contribution < 1.29 is 25.2 Å². The number of phenolic OH excluding ortho intramolecular Hbond substituents is 1. The smallest absolute Gasteiger partial charge is 0.224 e. The molecule has 1 amide bonds. The molecule has 6 N–H and O–H groups in total. The van der Waals surface area contributed by atoms with E-state index in [1.54, 1.807) is 18.2 Å². The molecule has 0 aliphatic rings. The average molecular weight is 466 g/mol. The standard InChI is InChI=1S/C26H31N3O5/c1-17(27-15-25(33)21-9-10-24(32)22(16-30)29-21)11-18-5-4-6-19(12-18)13-26(34)28-14-20-7-2-3-8-23(20)31/h2-10,12,17,25,27,30-33H,11,13-16H2,1H3,(H,28,34)/t17-,25?/m1/s1. The molecule has 3 aromatic rings. The van der Waals surface area contributed by atoms with Gasteiger partial charge in [-0.15, -0.1) is 0 Å². The van der Waals surface area contributed by atoms with Crippen molar-refractivity contribution in [1.29, 1.82) is 0 Å². The molecule has 0 aliphatic carbocycles. The third-order valence-electron chi connectivity index (χ3n) is 5.49. The van der Waals surface area contributed by atoms with Gasteiger partial charge < -0.3 is 31.1 Å². The van der Waals surface area contributed by atoms with Crippen molar-refractivity contribution >= 4 is 5.91 Å². The van der Waals surface area contributed by atoms with Crippen LogP contribution >= 0.6 is 0 Å². The van der Waals surface area contributed by atoms with E-state index < -0.39 is 12.7 Å². The molecule has 8 heteroatoms. The summed E-state index contributed by atoms with van der Waals surface area (Å²) in [5.41, 5.74) is 3.13. The topological polar surface area (TPSA) is 135 Å². The van der Waals surface area contributed by atoms with Gasteiger partial charge in [0.15, 0.2) is 0 Å². The first-order chi connectivity index (χ1) is 16.4. The molecule has 0 fully saturated rings. The highest BCUT2D eigenvalue weighted by Crippen LogP contribution is 2.19. The van der Waals surface area contributed by atoms with E-state index in [0.29, 0.717) is 17.7 Å². The van der Waals surface area contributed by atoms with Crippen LogP contribution in [0.15, 0.2) is 60.7 Å². The molecular weight excluding hydrogens is 434 g/mol. The largest absolute Gasteiger partial charge is 0.508 e. The molecule has 34 heavy (non-hydrogen) atoms. The highest BCUT2D eigenvalue weighted by atomic mass is 16.3. The zero-order valence-electron chi connectivity index (χ0n) is 19.1. The number of carbonyl (C=O) groups excluding carboxylic acids is 1. The van der Waals surface area contributed by atoms with Gasteiger partial charge in [0.05, 0.1) is 18.7 Å². The first-order valence-corrected chi connectivity index (χ1v) is 11.2. The summed E-state index contributed by atoms with van der Waals surface area (Å²) in [6.07, 6.45) is 0.0551. The quantitative estimate of drug-likeness (QED) is 0.255. The van der Waals surface area contributed by atoms with Gasteiger partial charge in [-0.25, -0.2) is 4.98 Å². The molecule has 0 spiro atoms. The fourth-order valence-electron chi connectivity index (χ4n) is 3.62. The monoisotopic (exact) mass is 465 g/mol. The molecule has 0 aliphatic heterocycles. The minimum absolute atomic E-state index is 0.0502. The summed E-state index contributed by atoms with van der Waals surface area (Å²) in [4.78, 5) is 16.4. The van der Waals surface area contributed by atoms with Crippen LogP contribution < -0.4 is 10.6 Å². The molecule has 1 aromatic heterocycles. The van der Waals surface area contributed by atoms with E-state index in [1.807, 2.05) is 37.3 Å². The van der Waals surface area contributed by atoms with Crippen LogP contribution in [0.25, 0.3) is 0 Å². The third-order valence-corrected chi connectivity index (χ3v) is 5.49. The lowest BCUT2D eigenvalue weighted by Crippen LogP contribution is -2.32. The van der Waals surface area contributed by atoms with Gasteiger partial charge in [0.1, 0.15) is 23.3 Å². The van der Waals surface area contributed by atoms with E-state index in [0.717, 1.165) is 11.1 Å². The lowest BCUT2D eigenvalue weighted by Gasteiger charge is -2.18. The SMILES string of the molecule is C[C@H](Cc1cccc(CC(=O)NCc2ccccc2O)c1)NCC(O)c1ccc(O)c(CO)n1. The minimum Gasteiger partial charge on any atom is -0.508 e. The van der Waals surface area contributed by atoms with Gasteiger partial charge in [-0.3, -0.25) is 4.79 Å². The van der Waals surface area contributed by atoms with Crippen LogP contribution in [0.2, 0.25) is 0 Å². The Morgan fingerprint density at radius 2 is 1.76 bits per heavy atom. The number of rotatable bonds is 11. The van der Waals surface area contributed by atoms with E-state index >= 15 is 0 Å². The molecule has 180 valence electrons. The molecule has 0 saturated heterocycles. The Morgan fingerprint density at radius 1 is 1.00 bits per heavy atom. The number of carbonyl (C=O) groups is 1. The fourth-order valence-corrected chi connectivity index (χ4v) is 3.62. The summed E-state index contributed by atoms with van der Waals surface area (Å²) in [5, 5.41) is 45.1. The molecule has 1 heterocycles. The van der Waals surface area contributed by atoms with Crippen molar-refractivity contribution in [3.8, 4) is 11.5 Å². The van der Waals surface area contributed by atoms with Gasteiger partial charge in [-0.2, -0.15) is 0 Å². The summed E-state index contributed by atoms with van der Waals surface area (Å²) >= 11 is 0. The van der Waals surface area contributed by atoms with Crippen LogP contribution in [-0.2, 0) is 30.8 Å². The second-order valence-electron chi connectivity index (χ2n) is 8.29. The number of aromatic hydroxyl groups is 2. The van der Waals surface area contributed by atoms with Crippen LogP contribution in [0.1, 0.15) is 41.1 Å². The predicted octanol–water partition coefficient (Wildman–Crippen LogP) is 2.10. The maximum absolute atomic E-state index is 12.3. The number of aromatic nitrogens is 1. The van der Waals surface area contributed by atoms with Gasteiger partial charge >= 0.3 is 0 Å². The van der Waals surface area contributed by atoms with Gasteiger partial charge in [0.25, 0.3) is 0 Å². The summed E-state index contributed by atoms with van der Waals surface area (Å²) < 4.78 is 0. The zero-order chi connectivity index (χ0) is 24.5. The Bertz CT molecular complexity index is 1110. The van der Waals surface area contributed by atoms with Crippen molar-refractivity contribution in [3.05, 3.63) is 88.7 Å². The first kappa shape index (κ1) is 25.2. The second kappa shape index (κ2) is 12.1. The van der Waals surface area contributed by atoms with Crippen LogP contribution in [0.4, 0.5) is 0 Å². The van der Waals surface area contributed by atoms with E-state index in [1.165, 1.54) is 12.1 Å².